The van der Waals surface area contributed by atoms with Crippen molar-refractivity contribution in [2.75, 3.05) is 6.54 Å². The van der Waals surface area contributed by atoms with Crippen LogP contribution >= 0.6 is 0 Å². The molecule has 1 fully saturated rings. The number of amides is 1. The van der Waals surface area contributed by atoms with Gasteiger partial charge >= 0.3 is 6.09 Å². The first-order valence-electron chi connectivity index (χ1n) is 9.58. The number of sulfone groups is 1. The highest BCUT2D eigenvalue weighted by Gasteiger charge is 2.71. The first kappa shape index (κ1) is 21.3. The highest BCUT2D eigenvalue weighted by Crippen LogP contribution is 2.56. The molecule has 3 rings (SSSR count). The van der Waals surface area contributed by atoms with Gasteiger partial charge in [0.05, 0.1) is 10.4 Å². The van der Waals surface area contributed by atoms with E-state index >= 15 is 0 Å². The number of hydrogen-bond acceptors (Lipinski definition) is 5. The van der Waals surface area contributed by atoms with E-state index < -0.39 is 38.2 Å². The maximum Gasteiger partial charge on any atom is 0.408 e. The monoisotopic (exact) mass is 416 g/mol. The maximum atomic E-state index is 13.5. The molecule has 1 aliphatic rings. The number of benzene rings is 2. The normalized spacial score (nSPS) is 24.0. The van der Waals surface area contributed by atoms with E-state index in [1.807, 2.05) is 37.3 Å². The molecule has 29 heavy (non-hydrogen) atoms. The number of carbonyl (C=O) groups excluding carboxylic acids is 1. The SMILES string of the molecule is Cc1ccc(S(=O)(=O)[C@@H]2[C@H](c3ccccc3)[C@@]2(CN)NC(=O)OC(C)(C)C)cc1. The van der Waals surface area contributed by atoms with Crippen molar-refractivity contribution in [2.45, 2.75) is 54.9 Å². The number of hydrogen-bond donors (Lipinski definition) is 2. The lowest BCUT2D eigenvalue weighted by Crippen LogP contribution is -2.49. The van der Waals surface area contributed by atoms with Gasteiger partial charge in [-0.05, 0) is 45.4 Å². The summed E-state index contributed by atoms with van der Waals surface area (Å²) in [6.07, 6.45) is -0.675. The molecular weight excluding hydrogens is 388 g/mol. The molecule has 2 aromatic rings. The third-order valence-electron chi connectivity index (χ3n) is 5.17. The van der Waals surface area contributed by atoms with Crippen molar-refractivity contribution in [1.29, 1.82) is 0 Å². The summed E-state index contributed by atoms with van der Waals surface area (Å²) in [7, 11) is -3.74. The van der Waals surface area contributed by atoms with Crippen LogP contribution in [-0.2, 0) is 14.6 Å². The molecule has 0 radical (unpaired) electrons. The standard InChI is InChI=1S/C22H28N2O4S/c1-15-10-12-17(13-11-15)29(26,27)19-18(16-8-6-5-7-9-16)22(19,14-23)24-20(25)28-21(2,3)4/h5-13,18-19H,14,23H2,1-4H3,(H,24,25)/t18-,19+,22+/m0/s1. The Balaban J connectivity index is 2.02. The first-order chi connectivity index (χ1) is 13.5. The Bertz CT molecular complexity index is 982. The van der Waals surface area contributed by atoms with Gasteiger partial charge in [-0.25, -0.2) is 13.2 Å². The van der Waals surface area contributed by atoms with Crippen LogP contribution in [0, 0.1) is 6.92 Å². The van der Waals surface area contributed by atoms with E-state index in [9.17, 15) is 13.2 Å². The molecular formula is C22H28N2O4S. The van der Waals surface area contributed by atoms with Gasteiger partial charge in [-0.1, -0.05) is 48.0 Å². The second-order valence-corrected chi connectivity index (χ2v) is 10.6. The first-order valence-corrected chi connectivity index (χ1v) is 11.1. The Kier molecular flexibility index (Phi) is 5.49. The van der Waals surface area contributed by atoms with Gasteiger partial charge in [0.25, 0.3) is 0 Å². The van der Waals surface area contributed by atoms with Crippen molar-refractivity contribution < 1.29 is 17.9 Å². The van der Waals surface area contributed by atoms with Crippen LogP contribution in [0.2, 0.25) is 0 Å². The van der Waals surface area contributed by atoms with Crippen molar-refractivity contribution in [1.82, 2.24) is 5.32 Å². The van der Waals surface area contributed by atoms with E-state index in [2.05, 4.69) is 5.32 Å². The highest BCUT2D eigenvalue weighted by molar-refractivity contribution is 7.92. The number of carbonyl (C=O) groups is 1. The number of ether oxygens (including phenoxy) is 1. The summed E-state index contributed by atoms with van der Waals surface area (Å²) in [5.41, 5.74) is 6.01. The van der Waals surface area contributed by atoms with Crippen molar-refractivity contribution >= 4 is 15.9 Å². The summed E-state index contributed by atoms with van der Waals surface area (Å²) in [5, 5.41) is 1.92. The second kappa shape index (κ2) is 7.46. The predicted octanol–water partition coefficient (Wildman–Crippen LogP) is 3.16. The third-order valence-corrected chi connectivity index (χ3v) is 7.46. The maximum absolute atomic E-state index is 13.5. The lowest BCUT2D eigenvalue weighted by Gasteiger charge is -2.24. The Hall–Kier alpha value is -2.38. The van der Waals surface area contributed by atoms with Gasteiger partial charge < -0.3 is 15.8 Å². The quantitative estimate of drug-likeness (QED) is 0.780. The lowest BCUT2D eigenvalue weighted by molar-refractivity contribution is 0.0497. The Morgan fingerprint density at radius 2 is 1.69 bits per heavy atom. The van der Waals surface area contributed by atoms with Crippen molar-refractivity contribution in [3.8, 4) is 0 Å². The van der Waals surface area contributed by atoms with Crippen LogP contribution in [0.1, 0.15) is 37.8 Å². The minimum Gasteiger partial charge on any atom is -0.444 e. The molecule has 1 aliphatic carbocycles. The number of alkyl carbamates (subject to hydrolysis) is 1. The van der Waals surface area contributed by atoms with Gasteiger partial charge in [-0.15, -0.1) is 0 Å². The van der Waals surface area contributed by atoms with E-state index in [-0.39, 0.29) is 11.4 Å². The number of nitrogens with two attached hydrogens (primary N) is 1. The Labute approximate surface area is 172 Å². The molecule has 7 heteroatoms. The molecule has 1 amide bonds. The van der Waals surface area contributed by atoms with Gasteiger partial charge in [0.1, 0.15) is 10.9 Å². The molecule has 3 N–H and O–H groups in total. The number of nitrogens with one attached hydrogen (secondary N) is 1. The zero-order valence-corrected chi connectivity index (χ0v) is 18.0. The van der Waals surface area contributed by atoms with Crippen LogP contribution in [0.25, 0.3) is 0 Å². The van der Waals surface area contributed by atoms with Gasteiger partial charge in [0.2, 0.25) is 0 Å². The third kappa shape index (κ3) is 4.16. The number of aryl methyl sites for hydroxylation is 1. The zero-order chi connectivity index (χ0) is 21.4. The Morgan fingerprint density at radius 3 is 2.21 bits per heavy atom. The summed E-state index contributed by atoms with van der Waals surface area (Å²) in [4.78, 5) is 12.7. The summed E-state index contributed by atoms with van der Waals surface area (Å²) in [6, 6.07) is 16.0. The lowest BCUT2D eigenvalue weighted by atomic mass is 10.1. The van der Waals surface area contributed by atoms with E-state index in [0.29, 0.717) is 0 Å². The van der Waals surface area contributed by atoms with E-state index in [0.717, 1.165) is 11.1 Å². The molecule has 0 spiro atoms. The Morgan fingerprint density at radius 1 is 1.10 bits per heavy atom. The van der Waals surface area contributed by atoms with Crippen LogP contribution in [-0.4, -0.2) is 37.4 Å². The molecule has 0 heterocycles. The molecule has 0 bridgehead atoms. The fourth-order valence-electron chi connectivity index (χ4n) is 3.80. The number of rotatable bonds is 5. The molecule has 2 aromatic carbocycles. The van der Waals surface area contributed by atoms with Crippen LogP contribution in [0.5, 0.6) is 0 Å². The van der Waals surface area contributed by atoms with Crippen molar-refractivity contribution in [3.63, 3.8) is 0 Å². The minimum absolute atomic E-state index is 0.0262. The molecule has 3 atom stereocenters. The average molecular weight is 417 g/mol. The molecule has 0 unspecified atom stereocenters. The zero-order valence-electron chi connectivity index (χ0n) is 17.2. The van der Waals surface area contributed by atoms with Gasteiger partial charge in [-0.2, -0.15) is 0 Å². The summed E-state index contributed by atoms with van der Waals surface area (Å²) in [5.74, 6) is -0.465. The summed E-state index contributed by atoms with van der Waals surface area (Å²) >= 11 is 0. The van der Waals surface area contributed by atoms with E-state index in [1.54, 1.807) is 45.0 Å². The van der Waals surface area contributed by atoms with Crippen LogP contribution in [0.4, 0.5) is 4.79 Å². The summed E-state index contributed by atoms with van der Waals surface area (Å²) in [6.45, 7) is 7.13. The minimum atomic E-state index is -3.74. The molecule has 156 valence electrons. The molecule has 1 saturated carbocycles. The van der Waals surface area contributed by atoms with Gasteiger partial charge in [0, 0.05) is 12.5 Å². The molecule has 0 aromatic heterocycles. The fraction of sp³-hybridized carbons (Fsp3) is 0.409. The highest BCUT2D eigenvalue weighted by atomic mass is 32.2. The van der Waals surface area contributed by atoms with Crippen LogP contribution in [0.3, 0.4) is 0 Å². The van der Waals surface area contributed by atoms with Gasteiger partial charge in [-0.3, -0.25) is 0 Å². The van der Waals surface area contributed by atoms with Crippen LogP contribution in [0.15, 0.2) is 59.5 Å². The fourth-order valence-corrected chi connectivity index (χ4v) is 6.15. The van der Waals surface area contributed by atoms with Crippen molar-refractivity contribution in [2.24, 2.45) is 5.73 Å². The largest absolute Gasteiger partial charge is 0.444 e. The topological polar surface area (TPSA) is 98.5 Å². The average Bonchev–Trinajstić information content (AvgIpc) is 3.30. The second-order valence-electron chi connectivity index (χ2n) is 8.54. The molecule has 6 nitrogen and oxygen atoms in total. The molecule has 0 saturated heterocycles. The predicted molar refractivity (Wildman–Crippen MR) is 112 cm³/mol. The molecule has 0 aliphatic heterocycles. The van der Waals surface area contributed by atoms with E-state index in [4.69, 9.17) is 10.5 Å². The van der Waals surface area contributed by atoms with E-state index in [1.165, 1.54) is 0 Å². The van der Waals surface area contributed by atoms with Gasteiger partial charge in [0.15, 0.2) is 9.84 Å². The van der Waals surface area contributed by atoms with Crippen LogP contribution < -0.4 is 11.1 Å². The summed E-state index contributed by atoms with van der Waals surface area (Å²) < 4.78 is 32.3. The smallest absolute Gasteiger partial charge is 0.408 e. The van der Waals surface area contributed by atoms with Crippen molar-refractivity contribution in [3.05, 3.63) is 65.7 Å².